The minimum absolute atomic E-state index is 0.0112. The fourth-order valence-electron chi connectivity index (χ4n) is 3.26. The van der Waals surface area contributed by atoms with E-state index >= 15 is 0 Å². The fraction of sp³-hybridized carbons (Fsp3) is 0.421. The molecule has 1 aliphatic heterocycles. The van der Waals surface area contributed by atoms with Gasteiger partial charge in [-0.1, -0.05) is 6.07 Å². The van der Waals surface area contributed by atoms with Crippen molar-refractivity contribution in [1.82, 2.24) is 14.5 Å². The average molecular weight is 485 g/mol. The summed E-state index contributed by atoms with van der Waals surface area (Å²) in [5, 5.41) is 4.05. The molecular weight excluding hydrogens is 460 g/mol. The fourth-order valence-corrected chi connectivity index (χ4v) is 5.38. The molecule has 1 fully saturated rings. The zero-order chi connectivity index (χ0) is 23.3. The number of thiophene rings is 1. The van der Waals surface area contributed by atoms with Gasteiger partial charge in [-0.25, -0.2) is 18.0 Å². The maximum Gasteiger partial charge on any atom is 0.374 e. The van der Waals surface area contributed by atoms with Gasteiger partial charge in [-0.3, -0.25) is 4.79 Å². The van der Waals surface area contributed by atoms with E-state index in [1.165, 1.54) is 27.8 Å². The number of sulfonamides is 1. The summed E-state index contributed by atoms with van der Waals surface area (Å²) < 4.78 is 36.8. The standard InChI is InChI=1S/C19H24N4O7S2/c1-2-29-18(25)14-5-6-17(30-14)32(27,28)23-9-7-22(8-10-23)16(24)12-13(21-19(20)26)15-4-3-11-31-15/h3-6,11,13H,2,7-10,12H2,1H3,(H3,20,21,26). The Morgan fingerprint density at radius 1 is 1.22 bits per heavy atom. The molecular formula is C19H24N4O7S2. The van der Waals surface area contributed by atoms with Crippen LogP contribution in [0.25, 0.3) is 0 Å². The van der Waals surface area contributed by atoms with Crippen molar-refractivity contribution in [1.29, 1.82) is 0 Å². The third-order valence-electron chi connectivity index (χ3n) is 4.83. The maximum atomic E-state index is 12.8. The SMILES string of the molecule is CCOC(=O)c1ccc(S(=O)(=O)N2CCN(C(=O)CC(NC(N)=O)c3cccs3)CC2)o1. The molecule has 3 N–H and O–H groups in total. The Labute approximate surface area is 189 Å². The van der Waals surface area contributed by atoms with Crippen LogP contribution in [0.4, 0.5) is 4.79 Å². The van der Waals surface area contributed by atoms with Crippen LogP contribution in [0.3, 0.4) is 0 Å². The van der Waals surface area contributed by atoms with Crippen molar-refractivity contribution in [3.05, 3.63) is 40.3 Å². The Morgan fingerprint density at radius 2 is 1.94 bits per heavy atom. The molecule has 1 aliphatic rings. The van der Waals surface area contributed by atoms with Gasteiger partial charge >= 0.3 is 12.0 Å². The van der Waals surface area contributed by atoms with Crippen LogP contribution in [0.5, 0.6) is 0 Å². The van der Waals surface area contributed by atoms with Gasteiger partial charge in [-0.05, 0) is 30.5 Å². The molecule has 0 spiro atoms. The lowest BCUT2D eigenvalue weighted by Crippen LogP contribution is -2.51. The second-order valence-corrected chi connectivity index (χ2v) is 9.75. The predicted molar refractivity (Wildman–Crippen MR) is 114 cm³/mol. The van der Waals surface area contributed by atoms with Gasteiger partial charge in [-0.2, -0.15) is 4.31 Å². The number of primary amides is 1. The Bertz CT molecular complexity index is 1060. The molecule has 2 aromatic rings. The van der Waals surface area contributed by atoms with Crippen LogP contribution in [0.2, 0.25) is 0 Å². The number of nitrogens with two attached hydrogens (primary N) is 1. The average Bonchev–Trinajstić information content (AvgIpc) is 3.46. The van der Waals surface area contributed by atoms with Crippen molar-refractivity contribution in [2.24, 2.45) is 5.73 Å². The third kappa shape index (κ3) is 5.47. The molecule has 0 radical (unpaired) electrons. The first-order valence-electron chi connectivity index (χ1n) is 9.86. The van der Waals surface area contributed by atoms with E-state index in [-0.39, 0.29) is 56.0 Å². The van der Waals surface area contributed by atoms with Gasteiger partial charge in [0, 0.05) is 31.1 Å². The van der Waals surface area contributed by atoms with E-state index in [1.54, 1.807) is 17.9 Å². The van der Waals surface area contributed by atoms with E-state index < -0.39 is 28.1 Å². The minimum Gasteiger partial charge on any atom is -0.460 e. The largest absolute Gasteiger partial charge is 0.460 e. The quantitative estimate of drug-likeness (QED) is 0.533. The number of furan rings is 1. The molecule has 1 atom stereocenters. The molecule has 32 heavy (non-hydrogen) atoms. The maximum absolute atomic E-state index is 12.8. The molecule has 11 nitrogen and oxygen atoms in total. The number of urea groups is 1. The van der Waals surface area contributed by atoms with Crippen LogP contribution in [-0.4, -0.2) is 68.3 Å². The molecule has 0 aliphatic carbocycles. The molecule has 0 aromatic carbocycles. The third-order valence-corrected chi connectivity index (χ3v) is 7.58. The summed E-state index contributed by atoms with van der Waals surface area (Å²) in [6.07, 6.45) is 0.0112. The number of amides is 3. The van der Waals surface area contributed by atoms with Crippen molar-refractivity contribution < 1.29 is 32.0 Å². The smallest absolute Gasteiger partial charge is 0.374 e. The van der Waals surface area contributed by atoms with Crippen molar-refractivity contribution in [3.8, 4) is 0 Å². The van der Waals surface area contributed by atoms with Crippen LogP contribution >= 0.6 is 11.3 Å². The lowest BCUT2D eigenvalue weighted by molar-refractivity contribution is -0.132. The van der Waals surface area contributed by atoms with Crippen molar-refractivity contribution in [2.75, 3.05) is 32.8 Å². The lowest BCUT2D eigenvalue weighted by atomic mass is 10.1. The normalized spacial score (nSPS) is 15.8. The first-order chi connectivity index (χ1) is 15.2. The number of carbonyl (C=O) groups excluding carboxylic acids is 3. The molecule has 174 valence electrons. The van der Waals surface area contributed by atoms with Gasteiger partial charge in [0.1, 0.15) is 0 Å². The van der Waals surface area contributed by atoms with Crippen LogP contribution < -0.4 is 11.1 Å². The molecule has 0 saturated carbocycles. The van der Waals surface area contributed by atoms with Gasteiger partial charge in [-0.15, -0.1) is 11.3 Å². The highest BCUT2D eigenvalue weighted by Crippen LogP contribution is 2.24. The number of piperazine rings is 1. The highest BCUT2D eigenvalue weighted by atomic mass is 32.2. The zero-order valence-electron chi connectivity index (χ0n) is 17.4. The van der Waals surface area contributed by atoms with E-state index in [4.69, 9.17) is 14.9 Å². The summed E-state index contributed by atoms with van der Waals surface area (Å²) in [4.78, 5) is 38.1. The second kappa shape index (κ2) is 10.1. The predicted octanol–water partition coefficient (Wildman–Crippen LogP) is 1.15. The summed E-state index contributed by atoms with van der Waals surface area (Å²) in [6.45, 7) is 2.26. The molecule has 1 unspecified atom stereocenters. The van der Waals surface area contributed by atoms with Gasteiger partial charge in [0.05, 0.1) is 19.1 Å². The zero-order valence-corrected chi connectivity index (χ0v) is 19.0. The number of hydrogen-bond donors (Lipinski definition) is 2. The van der Waals surface area contributed by atoms with Crippen molar-refractivity contribution in [2.45, 2.75) is 24.5 Å². The number of rotatable bonds is 8. The van der Waals surface area contributed by atoms with Crippen molar-refractivity contribution in [3.63, 3.8) is 0 Å². The molecule has 2 aromatic heterocycles. The molecule has 1 saturated heterocycles. The van der Waals surface area contributed by atoms with Crippen LogP contribution in [0, 0.1) is 0 Å². The number of carbonyl (C=O) groups is 3. The van der Waals surface area contributed by atoms with Gasteiger partial charge in [0.2, 0.25) is 16.8 Å². The van der Waals surface area contributed by atoms with Crippen LogP contribution in [-0.2, 0) is 19.6 Å². The summed E-state index contributed by atoms with van der Waals surface area (Å²) in [6, 6.07) is 4.79. The number of ether oxygens (including phenoxy) is 1. The van der Waals surface area contributed by atoms with Crippen molar-refractivity contribution >= 4 is 39.3 Å². The molecule has 0 bridgehead atoms. The van der Waals surface area contributed by atoms with Gasteiger partial charge in [0.15, 0.2) is 0 Å². The van der Waals surface area contributed by atoms with Crippen LogP contribution in [0.1, 0.15) is 34.8 Å². The lowest BCUT2D eigenvalue weighted by Gasteiger charge is -2.34. The highest BCUT2D eigenvalue weighted by molar-refractivity contribution is 7.89. The van der Waals surface area contributed by atoms with Gasteiger partial charge in [0.25, 0.3) is 10.0 Å². The van der Waals surface area contributed by atoms with E-state index in [0.717, 1.165) is 4.88 Å². The number of hydrogen-bond acceptors (Lipinski definition) is 8. The molecule has 13 heteroatoms. The minimum atomic E-state index is -3.96. The highest BCUT2D eigenvalue weighted by Gasteiger charge is 2.33. The Balaban J connectivity index is 1.60. The summed E-state index contributed by atoms with van der Waals surface area (Å²) >= 11 is 1.40. The molecule has 3 amide bonds. The number of nitrogens with one attached hydrogen (secondary N) is 1. The van der Waals surface area contributed by atoms with E-state index in [2.05, 4.69) is 5.32 Å². The van der Waals surface area contributed by atoms with E-state index in [0.29, 0.717) is 0 Å². The second-order valence-electron chi connectivity index (χ2n) is 6.90. The van der Waals surface area contributed by atoms with E-state index in [1.807, 2.05) is 11.4 Å². The Kier molecular flexibility index (Phi) is 7.53. The monoisotopic (exact) mass is 484 g/mol. The summed E-state index contributed by atoms with van der Waals surface area (Å²) in [5.74, 6) is -1.16. The summed E-state index contributed by atoms with van der Waals surface area (Å²) in [5.41, 5.74) is 5.23. The Hall–Kier alpha value is -2.90. The molecule has 3 rings (SSSR count). The van der Waals surface area contributed by atoms with Gasteiger partial charge < -0.3 is 25.1 Å². The van der Waals surface area contributed by atoms with Crippen LogP contribution in [0.15, 0.2) is 39.2 Å². The molecule has 3 heterocycles. The topological polar surface area (TPSA) is 152 Å². The first-order valence-corrected chi connectivity index (χ1v) is 12.2. The number of esters is 1. The number of nitrogens with zero attached hydrogens (tertiary/aromatic N) is 2. The van der Waals surface area contributed by atoms with E-state index in [9.17, 15) is 22.8 Å². The summed E-state index contributed by atoms with van der Waals surface area (Å²) in [7, 11) is -3.96. The Morgan fingerprint density at radius 3 is 2.53 bits per heavy atom. The first kappa shape index (κ1) is 23.8.